The predicted octanol–water partition coefficient (Wildman–Crippen LogP) is 4.83. The summed E-state index contributed by atoms with van der Waals surface area (Å²) >= 11 is 5.69. The van der Waals surface area contributed by atoms with Gasteiger partial charge in [-0.25, -0.2) is 4.79 Å². The first-order valence-electron chi connectivity index (χ1n) is 9.80. The molecule has 0 aliphatic rings. The number of esters is 1. The van der Waals surface area contributed by atoms with Crippen molar-refractivity contribution in [1.82, 2.24) is 5.32 Å². The number of nitrogens with zero attached hydrogens (tertiary/aromatic N) is 1. The number of halogens is 1. The van der Waals surface area contributed by atoms with Gasteiger partial charge >= 0.3 is 5.97 Å². The van der Waals surface area contributed by atoms with Gasteiger partial charge in [-0.15, -0.1) is 0 Å². The molecular weight excluding hydrogens is 426 g/mol. The van der Waals surface area contributed by atoms with Crippen molar-refractivity contribution in [3.05, 3.63) is 101 Å². The number of nitrogens with two attached hydrogens (primary N) is 1. The van der Waals surface area contributed by atoms with Crippen molar-refractivity contribution < 1.29 is 14.3 Å². The molecule has 2 aromatic rings. The molecule has 2 aromatic carbocycles. The SMILES string of the molecule is C=C(Cl)/C=C\C(=C)CN=Cc1cccc(C(=O)NC(C)c2ccc(C(=O)OC)cc2)c1N. The van der Waals surface area contributed by atoms with E-state index in [1.54, 1.807) is 60.8 Å². The molecule has 0 bridgehead atoms. The first-order chi connectivity index (χ1) is 15.2. The van der Waals surface area contributed by atoms with Crippen LogP contribution in [0.5, 0.6) is 0 Å². The number of hydrogen-bond acceptors (Lipinski definition) is 5. The van der Waals surface area contributed by atoms with Crippen LogP contribution in [0.15, 0.2) is 83.4 Å². The van der Waals surface area contributed by atoms with Crippen molar-refractivity contribution in [3.63, 3.8) is 0 Å². The molecule has 0 heterocycles. The number of ether oxygens (including phenoxy) is 1. The smallest absolute Gasteiger partial charge is 0.337 e. The summed E-state index contributed by atoms with van der Waals surface area (Å²) in [6, 6.07) is 11.7. The molecule has 6 nitrogen and oxygen atoms in total. The van der Waals surface area contributed by atoms with Gasteiger partial charge in [-0.05, 0) is 42.3 Å². The fourth-order valence-corrected chi connectivity index (χ4v) is 2.86. The molecule has 0 spiro atoms. The Morgan fingerprint density at radius 1 is 1.19 bits per heavy atom. The monoisotopic (exact) mass is 451 g/mol. The molecule has 1 unspecified atom stereocenters. The summed E-state index contributed by atoms with van der Waals surface area (Å²) in [6.45, 7) is 9.66. The number of aliphatic imine (C=N–C) groups is 1. The number of nitrogens with one attached hydrogen (secondary N) is 1. The summed E-state index contributed by atoms with van der Waals surface area (Å²) in [5, 5.41) is 3.33. The molecule has 1 amide bonds. The van der Waals surface area contributed by atoms with E-state index in [4.69, 9.17) is 22.1 Å². The second-order valence-corrected chi connectivity index (χ2v) is 7.51. The van der Waals surface area contributed by atoms with Crippen LogP contribution in [0.1, 0.15) is 44.8 Å². The highest BCUT2D eigenvalue weighted by Crippen LogP contribution is 2.19. The van der Waals surface area contributed by atoms with Crippen molar-refractivity contribution in [3.8, 4) is 0 Å². The van der Waals surface area contributed by atoms with Crippen LogP contribution in [0.25, 0.3) is 0 Å². The molecule has 166 valence electrons. The standard InChI is InChI=1S/C25H26ClN3O3/c1-16(8-9-17(2)26)14-28-15-21-6-5-7-22(23(21)27)24(30)29-18(3)19-10-12-20(13-11-19)25(31)32-4/h5-13,15,18H,1-2,14,27H2,3-4H3,(H,29,30)/b9-8-,28-15?. The summed E-state index contributed by atoms with van der Waals surface area (Å²) < 4.78 is 4.70. The van der Waals surface area contributed by atoms with E-state index in [0.29, 0.717) is 34.0 Å². The number of amides is 1. The number of anilines is 1. The van der Waals surface area contributed by atoms with E-state index in [9.17, 15) is 9.59 Å². The van der Waals surface area contributed by atoms with Gasteiger partial charge in [0.2, 0.25) is 0 Å². The van der Waals surface area contributed by atoms with Gasteiger partial charge in [0.05, 0.1) is 36.5 Å². The van der Waals surface area contributed by atoms with E-state index in [0.717, 1.165) is 11.1 Å². The molecule has 0 saturated carbocycles. The molecule has 7 heteroatoms. The molecule has 0 aliphatic carbocycles. The number of methoxy groups -OCH3 is 1. The van der Waals surface area contributed by atoms with E-state index in [-0.39, 0.29) is 11.9 Å². The zero-order valence-electron chi connectivity index (χ0n) is 18.1. The normalized spacial score (nSPS) is 12.0. The Morgan fingerprint density at radius 3 is 2.50 bits per heavy atom. The van der Waals surface area contributed by atoms with Crippen molar-refractivity contribution in [1.29, 1.82) is 0 Å². The van der Waals surface area contributed by atoms with E-state index in [2.05, 4.69) is 23.5 Å². The van der Waals surface area contributed by atoms with Gasteiger partial charge in [-0.3, -0.25) is 9.79 Å². The minimum atomic E-state index is -0.413. The summed E-state index contributed by atoms with van der Waals surface area (Å²) in [7, 11) is 1.33. The quantitative estimate of drug-likeness (QED) is 0.247. The molecule has 1 atom stereocenters. The van der Waals surface area contributed by atoms with Gasteiger partial charge in [-0.1, -0.05) is 55.1 Å². The van der Waals surface area contributed by atoms with E-state index >= 15 is 0 Å². The molecule has 3 N–H and O–H groups in total. The van der Waals surface area contributed by atoms with E-state index in [1.165, 1.54) is 7.11 Å². The second-order valence-electron chi connectivity index (χ2n) is 7.03. The number of rotatable bonds is 9. The molecular formula is C25H26ClN3O3. The Bertz CT molecular complexity index is 1070. The summed E-state index contributed by atoms with van der Waals surface area (Å²) in [4.78, 5) is 28.7. The minimum Gasteiger partial charge on any atom is -0.465 e. The maximum absolute atomic E-state index is 12.8. The zero-order valence-corrected chi connectivity index (χ0v) is 18.9. The molecule has 0 radical (unpaired) electrons. The van der Waals surface area contributed by atoms with Crippen LogP contribution in [-0.4, -0.2) is 31.7 Å². The zero-order chi connectivity index (χ0) is 23.7. The van der Waals surface area contributed by atoms with E-state index < -0.39 is 5.97 Å². The summed E-state index contributed by atoms with van der Waals surface area (Å²) in [6.07, 6.45) is 4.98. The van der Waals surface area contributed by atoms with Gasteiger partial charge in [0.25, 0.3) is 5.91 Å². The van der Waals surface area contributed by atoms with Gasteiger partial charge in [0.1, 0.15) is 0 Å². The van der Waals surface area contributed by atoms with Crippen LogP contribution in [0, 0.1) is 0 Å². The predicted molar refractivity (Wildman–Crippen MR) is 130 cm³/mol. The number of allylic oxidation sites excluding steroid dienone is 2. The first-order valence-corrected chi connectivity index (χ1v) is 10.2. The third-order valence-electron chi connectivity index (χ3n) is 4.59. The fraction of sp³-hybridized carbons (Fsp3) is 0.160. The first kappa shape index (κ1) is 24.6. The third kappa shape index (κ3) is 6.96. The number of carbonyl (C=O) groups is 2. The number of carbonyl (C=O) groups excluding carboxylic acids is 2. The van der Waals surface area contributed by atoms with Crippen LogP contribution < -0.4 is 11.1 Å². The maximum atomic E-state index is 12.8. The maximum Gasteiger partial charge on any atom is 0.337 e. The molecule has 0 fully saturated rings. The van der Waals surface area contributed by atoms with Crippen LogP contribution in [0.2, 0.25) is 0 Å². The van der Waals surface area contributed by atoms with Gasteiger partial charge < -0.3 is 15.8 Å². The molecule has 32 heavy (non-hydrogen) atoms. The van der Waals surface area contributed by atoms with Crippen LogP contribution in [0.4, 0.5) is 5.69 Å². The van der Waals surface area contributed by atoms with Crippen molar-refractivity contribution in [2.45, 2.75) is 13.0 Å². The van der Waals surface area contributed by atoms with Gasteiger partial charge in [-0.2, -0.15) is 0 Å². The molecule has 0 aliphatic heterocycles. The van der Waals surface area contributed by atoms with Crippen LogP contribution >= 0.6 is 11.6 Å². The lowest BCUT2D eigenvalue weighted by atomic mass is 10.0. The Labute approximate surface area is 193 Å². The Kier molecular flexibility index (Phi) is 8.98. The lowest BCUT2D eigenvalue weighted by Gasteiger charge is -2.16. The Balaban J connectivity index is 2.07. The lowest BCUT2D eigenvalue weighted by molar-refractivity contribution is 0.0600. The second kappa shape index (κ2) is 11.7. The highest BCUT2D eigenvalue weighted by molar-refractivity contribution is 6.30. The van der Waals surface area contributed by atoms with Crippen molar-refractivity contribution in [2.75, 3.05) is 19.4 Å². The number of benzene rings is 2. The molecule has 0 aromatic heterocycles. The lowest BCUT2D eigenvalue weighted by Crippen LogP contribution is -2.27. The summed E-state index contributed by atoms with van der Waals surface area (Å²) in [5.41, 5.74) is 9.56. The Morgan fingerprint density at radius 2 is 1.88 bits per heavy atom. The third-order valence-corrected chi connectivity index (χ3v) is 4.71. The van der Waals surface area contributed by atoms with Crippen molar-refractivity contribution >= 4 is 35.4 Å². The van der Waals surface area contributed by atoms with Crippen molar-refractivity contribution in [2.24, 2.45) is 4.99 Å². The van der Waals surface area contributed by atoms with Crippen LogP contribution in [-0.2, 0) is 4.74 Å². The Hall–Kier alpha value is -3.64. The average Bonchev–Trinajstić information content (AvgIpc) is 2.78. The highest BCUT2D eigenvalue weighted by atomic mass is 35.5. The molecule has 2 rings (SSSR count). The van der Waals surface area contributed by atoms with Gasteiger partial charge in [0.15, 0.2) is 0 Å². The topological polar surface area (TPSA) is 93.8 Å². The minimum absolute atomic E-state index is 0.294. The van der Waals surface area contributed by atoms with Gasteiger partial charge in [0, 0.05) is 16.8 Å². The number of para-hydroxylation sites is 1. The van der Waals surface area contributed by atoms with Crippen LogP contribution in [0.3, 0.4) is 0 Å². The average molecular weight is 452 g/mol. The molecule has 0 saturated heterocycles. The number of hydrogen-bond donors (Lipinski definition) is 2. The largest absolute Gasteiger partial charge is 0.465 e. The highest BCUT2D eigenvalue weighted by Gasteiger charge is 2.16. The van der Waals surface area contributed by atoms with E-state index in [1.807, 2.05) is 6.92 Å². The summed E-state index contributed by atoms with van der Waals surface area (Å²) in [5.74, 6) is -0.723. The number of nitrogen functional groups attached to an aromatic ring is 1. The fourth-order valence-electron chi connectivity index (χ4n) is 2.80.